The van der Waals surface area contributed by atoms with Gasteiger partial charge in [0.15, 0.2) is 5.82 Å². The van der Waals surface area contributed by atoms with Crippen molar-refractivity contribution in [2.45, 2.75) is 39.2 Å². The minimum absolute atomic E-state index is 0.379. The van der Waals surface area contributed by atoms with Gasteiger partial charge in [-0.1, -0.05) is 13.8 Å². The molecule has 1 unspecified atom stereocenters. The number of aromatic nitrogens is 2. The Morgan fingerprint density at radius 3 is 2.79 bits per heavy atom. The van der Waals surface area contributed by atoms with Crippen LogP contribution >= 0.6 is 0 Å². The van der Waals surface area contributed by atoms with Gasteiger partial charge >= 0.3 is 0 Å². The van der Waals surface area contributed by atoms with Crippen LogP contribution in [-0.4, -0.2) is 35.6 Å². The molecule has 0 radical (unpaired) electrons. The molecule has 4 nitrogen and oxygen atoms in total. The van der Waals surface area contributed by atoms with E-state index in [0.29, 0.717) is 17.9 Å². The first-order valence-electron chi connectivity index (χ1n) is 7.11. The minimum atomic E-state index is -0.379. The highest BCUT2D eigenvalue weighted by molar-refractivity contribution is 5.31. The number of nitrogens with one attached hydrogen (secondary N) is 1. The summed E-state index contributed by atoms with van der Waals surface area (Å²) in [4.78, 5) is 10.4. The first-order chi connectivity index (χ1) is 9.16. The lowest BCUT2D eigenvalue weighted by molar-refractivity contribution is 0.417. The number of hydrogen-bond donors (Lipinski definition) is 1. The van der Waals surface area contributed by atoms with Gasteiger partial charge in [0.25, 0.3) is 0 Å². The predicted octanol–water partition coefficient (Wildman–Crippen LogP) is 2.22. The second-order valence-corrected chi connectivity index (χ2v) is 5.60. The van der Waals surface area contributed by atoms with Crippen LogP contribution in [0.5, 0.6) is 0 Å². The van der Waals surface area contributed by atoms with Crippen molar-refractivity contribution in [1.29, 1.82) is 0 Å². The van der Waals surface area contributed by atoms with Gasteiger partial charge in [-0.05, 0) is 31.7 Å². The summed E-state index contributed by atoms with van der Waals surface area (Å²) < 4.78 is 12.9. The van der Waals surface area contributed by atoms with Gasteiger partial charge in [-0.15, -0.1) is 0 Å². The second-order valence-electron chi connectivity index (χ2n) is 5.60. The van der Waals surface area contributed by atoms with Crippen LogP contribution in [0.2, 0.25) is 0 Å². The lowest BCUT2D eigenvalue weighted by atomic mass is 10.0. The lowest BCUT2D eigenvalue weighted by Crippen LogP contribution is -2.47. The molecule has 1 atom stereocenters. The molecule has 0 saturated carbocycles. The molecule has 5 heteroatoms. The Labute approximate surface area is 114 Å². The van der Waals surface area contributed by atoms with Crippen molar-refractivity contribution in [2.75, 3.05) is 24.5 Å². The van der Waals surface area contributed by atoms with E-state index in [0.717, 1.165) is 32.5 Å². The van der Waals surface area contributed by atoms with Crippen molar-refractivity contribution < 1.29 is 4.39 Å². The summed E-state index contributed by atoms with van der Waals surface area (Å²) in [7, 11) is 0. The van der Waals surface area contributed by atoms with Crippen LogP contribution in [0.25, 0.3) is 0 Å². The molecule has 0 spiro atoms. The Morgan fingerprint density at radius 2 is 2.11 bits per heavy atom. The van der Waals surface area contributed by atoms with Crippen molar-refractivity contribution in [2.24, 2.45) is 5.92 Å². The Balaban J connectivity index is 1.97. The number of nitrogens with zero attached hydrogens (tertiary/aromatic N) is 3. The van der Waals surface area contributed by atoms with E-state index < -0.39 is 0 Å². The van der Waals surface area contributed by atoms with E-state index in [1.807, 2.05) is 0 Å². The molecule has 0 aliphatic carbocycles. The molecule has 1 N–H and O–H groups in total. The first kappa shape index (κ1) is 14.2. The number of hydrogen-bond acceptors (Lipinski definition) is 4. The summed E-state index contributed by atoms with van der Waals surface area (Å²) in [6.45, 7) is 7.33. The van der Waals surface area contributed by atoms with E-state index in [-0.39, 0.29) is 5.82 Å². The normalized spacial score (nSPS) is 20.0. The largest absolute Gasteiger partial charge is 0.337 e. The maximum atomic E-state index is 12.9. The van der Waals surface area contributed by atoms with Gasteiger partial charge in [-0.2, -0.15) is 0 Å². The standard InChI is InChI=1S/C14H23FN4/c1-11(2)7-16-10-13-5-3-4-6-19(13)14-17-8-12(15)9-18-14/h8-9,11,13,16H,3-7,10H2,1-2H3. The van der Waals surface area contributed by atoms with E-state index in [1.165, 1.54) is 18.8 Å². The zero-order valence-electron chi connectivity index (χ0n) is 11.8. The van der Waals surface area contributed by atoms with Crippen LogP contribution in [0.3, 0.4) is 0 Å². The summed E-state index contributed by atoms with van der Waals surface area (Å²) in [5.74, 6) is 0.923. The van der Waals surface area contributed by atoms with Crippen LogP contribution in [-0.2, 0) is 0 Å². The summed E-state index contributed by atoms with van der Waals surface area (Å²) in [5.41, 5.74) is 0. The average Bonchev–Trinajstić information content (AvgIpc) is 2.40. The maximum Gasteiger partial charge on any atom is 0.225 e. The molecule has 19 heavy (non-hydrogen) atoms. The highest BCUT2D eigenvalue weighted by Gasteiger charge is 2.24. The fourth-order valence-corrected chi connectivity index (χ4v) is 2.47. The van der Waals surface area contributed by atoms with Gasteiger partial charge in [0.1, 0.15) is 0 Å². The van der Waals surface area contributed by atoms with Crippen molar-refractivity contribution in [3.05, 3.63) is 18.2 Å². The van der Waals surface area contributed by atoms with Crippen LogP contribution in [0, 0.1) is 11.7 Å². The number of anilines is 1. The van der Waals surface area contributed by atoms with E-state index in [9.17, 15) is 4.39 Å². The predicted molar refractivity (Wildman–Crippen MR) is 74.7 cm³/mol. The molecule has 0 aromatic carbocycles. The Kier molecular flexibility index (Phi) is 5.07. The highest BCUT2D eigenvalue weighted by Crippen LogP contribution is 2.21. The van der Waals surface area contributed by atoms with Gasteiger partial charge in [0.05, 0.1) is 12.4 Å². The number of piperidine rings is 1. The highest BCUT2D eigenvalue weighted by atomic mass is 19.1. The van der Waals surface area contributed by atoms with Crippen molar-refractivity contribution >= 4 is 5.95 Å². The quantitative estimate of drug-likeness (QED) is 0.887. The van der Waals surface area contributed by atoms with Crippen molar-refractivity contribution in [1.82, 2.24) is 15.3 Å². The molecule has 0 bridgehead atoms. The molecule has 1 fully saturated rings. The van der Waals surface area contributed by atoms with Crippen molar-refractivity contribution in [3.8, 4) is 0 Å². The third-order valence-corrected chi connectivity index (χ3v) is 3.42. The Morgan fingerprint density at radius 1 is 1.37 bits per heavy atom. The Hall–Kier alpha value is -1.23. The average molecular weight is 266 g/mol. The summed E-state index contributed by atoms with van der Waals surface area (Å²) in [5, 5.41) is 3.49. The smallest absolute Gasteiger partial charge is 0.225 e. The molecule has 1 aliphatic rings. The third-order valence-electron chi connectivity index (χ3n) is 3.42. The van der Waals surface area contributed by atoms with Gasteiger partial charge in [0.2, 0.25) is 5.95 Å². The van der Waals surface area contributed by atoms with Crippen LogP contribution in [0.15, 0.2) is 12.4 Å². The molecule has 1 aliphatic heterocycles. The SMILES string of the molecule is CC(C)CNCC1CCCCN1c1ncc(F)cn1. The van der Waals surface area contributed by atoms with Crippen LogP contribution < -0.4 is 10.2 Å². The zero-order chi connectivity index (χ0) is 13.7. The van der Waals surface area contributed by atoms with Crippen LogP contribution in [0.1, 0.15) is 33.1 Å². The third kappa shape index (κ3) is 4.13. The molecule has 0 amide bonds. The fourth-order valence-electron chi connectivity index (χ4n) is 2.47. The van der Waals surface area contributed by atoms with E-state index in [2.05, 4.69) is 34.0 Å². The number of halogens is 1. The molecule has 1 aromatic rings. The van der Waals surface area contributed by atoms with E-state index in [1.54, 1.807) is 0 Å². The molecular weight excluding hydrogens is 243 g/mol. The molecule has 2 heterocycles. The summed E-state index contributed by atoms with van der Waals surface area (Å²) >= 11 is 0. The van der Waals surface area contributed by atoms with Gasteiger partial charge in [0, 0.05) is 19.1 Å². The van der Waals surface area contributed by atoms with Crippen LogP contribution in [0.4, 0.5) is 10.3 Å². The van der Waals surface area contributed by atoms with Gasteiger partial charge in [-0.25, -0.2) is 14.4 Å². The molecule has 1 saturated heterocycles. The second kappa shape index (κ2) is 6.80. The van der Waals surface area contributed by atoms with E-state index in [4.69, 9.17) is 0 Å². The molecule has 1 aromatic heterocycles. The molecular formula is C14H23FN4. The molecule has 106 valence electrons. The van der Waals surface area contributed by atoms with Gasteiger partial charge < -0.3 is 10.2 Å². The maximum absolute atomic E-state index is 12.9. The summed E-state index contributed by atoms with van der Waals surface area (Å²) in [6, 6.07) is 0.415. The Bertz CT molecular complexity index is 380. The number of rotatable bonds is 5. The monoisotopic (exact) mass is 266 g/mol. The van der Waals surface area contributed by atoms with E-state index >= 15 is 0 Å². The van der Waals surface area contributed by atoms with Gasteiger partial charge in [-0.3, -0.25) is 0 Å². The topological polar surface area (TPSA) is 41.0 Å². The summed E-state index contributed by atoms with van der Waals surface area (Å²) in [6.07, 6.45) is 6.03. The van der Waals surface area contributed by atoms with Crippen molar-refractivity contribution in [3.63, 3.8) is 0 Å². The molecule has 2 rings (SSSR count). The lowest BCUT2D eigenvalue weighted by Gasteiger charge is -2.36. The minimum Gasteiger partial charge on any atom is -0.337 e. The first-order valence-corrected chi connectivity index (χ1v) is 7.11. The zero-order valence-corrected chi connectivity index (χ0v) is 11.8. The fraction of sp³-hybridized carbons (Fsp3) is 0.714.